The Balaban J connectivity index is 2.36. The van der Waals surface area contributed by atoms with Crippen molar-refractivity contribution in [2.45, 2.75) is 19.4 Å². The summed E-state index contributed by atoms with van der Waals surface area (Å²) in [7, 11) is 0. The van der Waals surface area contributed by atoms with Gasteiger partial charge in [-0.1, -0.05) is 52.1 Å². The fourth-order valence-corrected chi connectivity index (χ4v) is 2.90. The van der Waals surface area contributed by atoms with Crippen LogP contribution in [0.3, 0.4) is 0 Å². The van der Waals surface area contributed by atoms with Crippen LogP contribution < -0.4 is 5.32 Å². The molecule has 0 aliphatic heterocycles. The molecule has 0 spiro atoms. The van der Waals surface area contributed by atoms with E-state index in [0.717, 1.165) is 16.5 Å². The van der Waals surface area contributed by atoms with Crippen LogP contribution in [0.4, 0.5) is 5.69 Å². The van der Waals surface area contributed by atoms with Crippen LogP contribution in [0.2, 0.25) is 10.0 Å². The van der Waals surface area contributed by atoms with Crippen LogP contribution >= 0.6 is 39.1 Å². The Kier molecular flexibility index (Phi) is 5.19. The minimum absolute atomic E-state index is 0.0788. The van der Waals surface area contributed by atoms with Crippen molar-refractivity contribution in [2.24, 2.45) is 0 Å². The molecule has 2 nitrogen and oxygen atoms in total. The van der Waals surface area contributed by atoms with Crippen LogP contribution in [0.25, 0.3) is 0 Å². The Morgan fingerprint density at radius 3 is 2.45 bits per heavy atom. The number of halogens is 3. The van der Waals surface area contributed by atoms with E-state index in [4.69, 9.17) is 23.2 Å². The number of aromatic hydroxyl groups is 1. The van der Waals surface area contributed by atoms with Crippen molar-refractivity contribution < 1.29 is 5.11 Å². The van der Waals surface area contributed by atoms with Gasteiger partial charge in [-0.3, -0.25) is 0 Å². The zero-order chi connectivity index (χ0) is 14.7. The van der Waals surface area contributed by atoms with Gasteiger partial charge in [0.2, 0.25) is 0 Å². The zero-order valence-electron chi connectivity index (χ0n) is 10.8. The van der Waals surface area contributed by atoms with Crippen LogP contribution in [-0.2, 0) is 0 Å². The van der Waals surface area contributed by atoms with E-state index >= 15 is 0 Å². The van der Waals surface area contributed by atoms with E-state index in [1.54, 1.807) is 30.3 Å². The molecule has 2 aromatic rings. The molecular weight excluding hydrogens is 361 g/mol. The fourth-order valence-electron chi connectivity index (χ4n) is 2.01. The lowest BCUT2D eigenvalue weighted by Gasteiger charge is -2.21. The third-order valence-electron chi connectivity index (χ3n) is 3.05. The van der Waals surface area contributed by atoms with Crippen LogP contribution in [-0.4, -0.2) is 5.11 Å². The number of hydrogen-bond acceptors (Lipinski definition) is 2. The maximum absolute atomic E-state index is 10.0. The number of phenolic OH excluding ortho intramolecular Hbond substituents is 1. The van der Waals surface area contributed by atoms with Gasteiger partial charge in [0.05, 0.1) is 21.8 Å². The van der Waals surface area contributed by atoms with Crippen molar-refractivity contribution >= 4 is 44.8 Å². The highest BCUT2D eigenvalue weighted by Crippen LogP contribution is 2.36. The number of phenols is 1. The average Bonchev–Trinajstić information content (AvgIpc) is 2.42. The third-order valence-corrected chi connectivity index (χ3v) is 4.18. The van der Waals surface area contributed by atoms with Crippen LogP contribution in [0.15, 0.2) is 40.9 Å². The molecule has 0 heterocycles. The van der Waals surface area contributed by atoms with E-state index < -0.39 is 0 Å². The first-order valence-corrected chi connectivity index (χ1v) is 7.76. The molecule has 0 aliphatic rings. The fraction of sp³-hybridized carbons (Fsp3) is 0.200. The first-order chi connectivity index (χ1) is 9.52. The molecule has 0 aliphatic carbocycles. The average molecular weight is 375 g/mol. The number of benzene rings is 2. The lowest BCUT2D eigenvalue weighted by atomic mass is 10.0. The van der Waals surface area contributed by atoms with Crippen molar-refractivity contribution in [2.75, 3.05) is 5.32 Å². The minimum Gasteiger partial charge on any atom is -0.508 e. The molecule has 0 fully saturated rings. The summed E-state index contributed by atoms with van der Waals surface area (Å²) >= 11 is 15.8. The second kappa shape index (κ2) is 6.70. The van der Waals surface area contributed by atoms with E-state index in [0.29, 0.717) is 15.7 Å². The molecule has 2 aromatic carbocycles. The van der Waals surface area contributed by atoms with Gasteiger partial charge >= 0.3 is 0 Å². The molecule has 0 aromatic heterocycles. The summed E-state index contributed by atoms with van der Waals surface area (Å²) in [5, 5.41) is 14.5. The molecule has 2 N–H and O–H groups in total. The first-order valence-electron chi connectivity index (χ1n) is 6.22. The van der Waals surface area contributed by atoms with Gasteiger partial charge in [0.1, 0.15) is 5.75 Å². The van der Waals surface area contributed by atoms with Gasteiger partial charge in [0.25, 0.3) is 0 Å². The molecule has 106 valence electrons. The zero-order valence-corrected chi connectivity index (χ0v) is 13.9. The van der Waals surface area contributed by atoms with Gasteiger partial charge in [-0.15, -0.1) is 0 Å². The second-order valence-electron chi connectivity index (χ2n) is 4.40. The van der Waals surface area contributed by atoms with Gasteiger partial charge in [0.15, 0.2) is 0 Å². The highest BCUT2D eigenvalue weighted by atomic mass is 79.9. The molecule has 2 rings (SSSR count). The maximum Gasteiger partial charge on any atom is 0.120 e. The van der Waals surface area contributed by atoms with Gasteiger partial charge < -0.3 is 10.4 Å². The van der Waals surface area contributed by atoms with Crippen molar-refractivity contribution in [3.05, 3.63) is 56.5 Å². The Hall–Kier alpha value is -0.900. The smallest absolute Gasteiger partial charge is 0.120 e. The minimum atomic E-state index is -0.0788. The molecule has 0 bridgehead atoms. The summed E-state index contributed by atoms with van der Waals surface area (Å²) in [5.41, 5.74) is 1.49. The largest absolute Gasteiger partial charge is 0.508 e. The number of rotatable bonds is 4. The molecular formula is C15H14BrCl2NO. The number of hydrogen-bond donors (Lipinski definition) is 2. The molecule has 0 saturated heterocycles. The SMILES string of the molecule is CCC(Nc1c(Cl)cccc1Cl)c1cc(Br)ccc1O. The summed E-state index contributed by atoms with van der Waals surface area (Å²) in [6.45, 7) is 2.03. The molecule has 5 heteroatoms. The van der Waals surface area contributed by atoms with Gasteiger partial charge in [-0.05, 0) is 36.8 Å². The molecule has 1 atom stereocenters. The number of nitrogens with one attached hydrogen (secondary N) is 1. The van der Waals surface area contributed by atoms with Gasteiger partial charge in [0, 0.05) is 10.0 Å². The predicted octanol–water partition coefficient (Wildman–Crippen LogP) is 6.02. The Labute approximate surface area is 136 Å². The van der Waals surface area contributed by atoms with Crippen LogP contribution in [0, 0.1) is 0 Å². The van der Waals surface area contributed by atoms with E-state index in [-0.39, 0.29) is 11.8 Å². The summed E-state index contributed by atoms with van der Waals surface area (Å²) in [5.74, 6) is 0.246. The van der Waals surface area contributed by atoms with Gasteiger partial charge in [-0.2, -0.15) is 0 Å². The number of para-hydroxylation sites is 1. The lowest BCUT2D eigenvalue weighted by Crippen LogP contribution is -2.10. The summed E-state index contributed by atoms with van der Waals surface area (Å²) < 4.78 is 0.913. The van der Waals surface area contributed by atoms with E-state index in [1.165, 1.54) is 0 Å². The normalized spacial score (nSPS) is 12.2. The van der Waals surface area contributed by atoms with E-state index in [9.17, 15) is 5.11 Å². The lowest BCUT2D eigenvalue weighted by molar-refractivity contribution is 0.462. The van der Waals surface area contributed by atoms with Crippen molar-refractivity contribution in [3.8, 4) is 5.75 Å². The Morgan fingerprint density at radius 1 is 1.20 bits per heavy atom. The summed E-state index contributed by atoms with van der Waals surface area (Å²) in [4.78, 5) is 0. The summed E-state index contributed by atoms with van der Waals surface area (Å²) in [6.07, 6.45) is 0.783. The second-order valence-corrected chi connectivity index (χ2v) is 6.14. The molecule has 20 heavy (non-hydrogen) atoms. The highest BCUT2D eigenvalue weighted by molar-refractivity contribution is 9.10. The molecule has 1 unspecified atom stereocenters. The Bertz CT molecular complexity index is 599. The van der Waals surface area contributed by atoms with Crippen molar-refractivity contribution in [1.29, 1.82) is 0 Å². The van der Waals surface area contributed by atoms with E-state index in [2.05, 4.69) is 21.2 Å². The van der Waals surface area contributed by atoms with Crippen LogP contribution in [0.5, 0.6) is 5.75 Å². The topological polar surface area (TPSA) is 32.3 Å². The molecule has 0 saturated carbocycles. The summed E-state index contributed by atoms with van der Waals surface area (Å²) in [6, 6.07) is 10.6. The highest BCUT2D eigenvalue weighted by Gasteiger charge is 2.16. The maximum atomic E-state index is 10.0. The van der Waals surface area contributed by atoms with Crippen LogP contribution in [0.1, 0.15) is 24.9 Å². The number of anilines is 1. The van der Waals surface area contributed by atoms with E-state index in [1.807, 2.05) is 13.0 Å². The first kappa shape index (κ1) is 15.5. The standard InChI is InChI=1S/C15H14BrCl2NO/c1-2-13(10-8-9(16)6-7-14(10)20)19-15-11(17)4-3-5-12(15)18/h3-8,13,19-20H,2H2,1H3. The Morgan fingerprint density at radius 2 is 1.85 bits per heavy atom. The van der Waals surface area contributed by atoms with Crippen molar-refractivity contribution in [3.63, 3.8) is 0 Å². The molecule has 0 amide bonds. The quantitative estimate of drug-likeness (QED) is 0.685. The van der Waals surface area contributed by atoms with Crippen molar-refractivity contribution in [1.82, 2.24) is 0 Å². The predicted molar refractivity (Wildman–Crippen MR) is 88.9 cm³/mol. The van der Waals surface area contributed by atoms with Gasteiger partial charge in [-0.25, -0.2) is 0 Å². The monoisotopic (exact) mass is 373 g/mol. The third kappa shape index (κ3) is 3.40. The molecule has 0 radical (unpaired) electrons.